The van der Waals surface area contributed by atoms with Crippen molar-refractivity contribution in [3.8, 4) is 0 Å². The minimum atomic E-state index is -1.69. The topological polar surface area (TPSA) is 267 Å². The molecule has 0 bridgehead atoms. The fraction of sp³-hybridized carbons (Fsp3) is 0.417. The van der Waals surface area contributed by atoms with Crippen LogP contribution in [0.1, 0.15) is 31.2 Å². The van der Waals surface area contributed by atoms with E-state index in [4.69, 9.17) is 21.7 Å². The van der Waals surface area contributed by atoms with Crippen molar-refractivity contribution in [2.45, 2.75) is 56.3 Å². The summed E-state index contributed by atoms with van der Waals surface area (Å²) in [7, 11) is 0. The third-order valence-corrected chi connectivity index (χ3v) is 5.85. The molecule has 11 N–H and O–H groups in total. The molecule has 0 aliphatic carbocycles. The van der Waals surface area contributed by atoms with Gasteiger partial charge < -0.3 is 47.7 Å². The number of rotatable bonds is 16. The van der Waals surface area contributed by atoms with Gasteiger partial charge in [-0.25, -0.2) is 4.79 Å². The van der Waals surface area contributed by atoms with Gasteiger partial charge in [0.1, 0.15) is 18.1 Å². The smallest absolute Gasteiger partial charge is 0.328 e. The van der Waals surface area contributed by atoms with Crippen LogP contribution in [0.4, 0.5) is 0 Å². The van der Waals surface area contributed by atoms with E-state index in [-0.39, 0.29) is 19.3 Å². The zero-order valence-corrected chi connectivity index (χ0v) is 20.9. The number of para-hydroxylation sites is 1. The highest BCUT2D eigenvalue weighted by molar-refractivity contribution is 5.95. The van der Waals surface area contributed by atoms with E-state index in [1.54, 1.807) is 30.5 Å². The van der Waals surface area contributed by atoms with Crippen molar-refractivity contribution in [1.82, 2.24) is 20.9 Å². The van der Waals surface area contributed by atoms with Gasteiger partial charge in [-0.2, -0.15) is 0 Å². The monoisotopic (exact) mass is 548 g/mol. The number of nitrogens with one attached hydrogen (secondary N) is 4. The van der Waals surface area contributed by atoms with Crippen molar-refractivity contribution in [3.63, 3.8) is 0 Å². The van der Waals surface area contributed by atoms with Gasteiger partial charge in [-0.3, -0.25) is 24.0 Å². The summed E-state index contributed by atoms with van der Waals surface area (Å²) in [5.74, 6) is -6.17. The minimum absolute atomic E-state index is 0.0637. The predicted octanol–water partition coefficient (Wildman–Crippen LogP) is -2.30. The standard InChI is InChI=1S/C24H32N6O9/c25-14(5-7-19(26)32)21(35)29-17(9-12-10-27-15-4-2-1-3-13(12)15)23(37)28-16(6-8-20(33)34)22(36)30-18(11-31)24(38)39/h1-4,10,14,16-18,27,31H,5-9,11,25H2,(H2,26,32)(H,28,37)(H,29,35)(H,30,36)(H,33,34)(H,38,39). The second kappa shape index (κ2) is 14.4. The fourth-order valence-electron chi connectivity index (χ4n) is 3.70. The Balaban J connectivity index is 2.30. The summed E-state index contributed by atoms with van der Waals surface area (Å²) in [6.07, 6.45) is 0.372. The molecule has 39 heavy (non-hydrogen) atoms. The summed E-state index contributed by atoms with van der Waals surface area (Å²) in [6, 6.07) is 1.50. The van der Waals surface area contributed by atoms with Crippen LogP contribution in [0.15, 0.2) is 30.5 Å². The minimum Gasteiger partial charge on any atom is -0.481 e. The molecule has 4 unspecified atom stereocenters. The molecule has 0 aliphatic heterocycles. The number of hydrogen-bond donors (Lipinski definition) is 9. The van der Waals surface area contributed by atoms with Crippen molar-refractivity contribution in [2.24, 2.45) is 11.5 Å². The number of aromatic amines is 1. The first-order valence-corrected chi connectivity index (χ1v) is 12.0. The van der Waals surface area contributed by atoms with Gasteiger partial charge >= 0.3 is 11.9 Å². The van der Waals surface area contributed by atoms with E-state index in [1.165, 1.54) is 0 Å². The quantitative estimate of drug-likeness (QED) is 0.108. The molecule has 2 aromatic rings. The number of aromatic nitrogens is 1. The fourth-order valence-corrected chi connectivity index (χ4v) is 3.70. The summed E-state index contributed by atoms with van der Waals surface area (Å²) < 4.78 is 0. The number of carboxylic acids is 2. The molecule has 0 saturated carbocycles. The molecular formula is C24H32N6O9. The highest BCUT2D eigenvalue weighted by Crippen LogP contribution is 2.19. The number of aliphatic hydroxyl groups is 1. The molecule has 4 atom stereocenters. The zero-order valence-electron chi connectivity index (χ0n) is 20.9. The van der Waals surface area contributed by atoms with Crippen LogP contribution >= 0.6 is 0 Å². The molecule has 1 aromatic carbocycles. The lowest BCUT2D eigenvalue weighted by Crippen LogP contribution is -2.58. The Labute approximate surface area is 222 Å². The van der Waals surface area contributed by atoms with Gasteiger partial charge in [0, 0.05) is 36.4 Å². The maximum absolute atomic E-state index is 13.3. The van der Waals surface area contributed by atoms with Crippen LogP contribution in [-0.2, 0) is 35.2 Å². The number of H-pyrrole nitrogens is 1. The van der Waals surface area contributed by atoms with E-state index >= 15 is 0 Å². The average molecular weight is 549 g/mol. The lowest BCUT2D eigenvalue weighted by molar-refractivity contribution is -0.144. The molecular weight excluding hydrogens is 516 g/mol. The molecule has 212 valence electrons. The van der Waals surface area contributed by atoms with Crippen LogP contribution in [0.3, 0.4) is 0 Å². The van der Waals surface area contributed by atoms with Crippen molar-refractivity contribution in [1.29, 1.82) is 0 Å². The van der Waals surface area contributed by atoms with Gasteiger partial charge in [0.2, 0.25) is 23.6 Å². The second-order valence-corrected chi connectivity index (χ2v) is 8.81. The molecule has 2 rings (SSSR count). The first-order chi connectivity index (χ1) is 18.4. The van der Waals surface area contributed by atoms with Crippen molar-refractivity contribution >= 4 is 46.5 Å². The lowest BCUT2D eigenvalue weighted by Gasteiger charge is -2.25. The number of primary amides is 1. The van der Waals surface area contributed by atoms with Gasteiger partial charge in [0.05, 0.1) is 12.6 Å². The lowest BCUT2D eigenvalue weighted by atomic mass is 10.0. The summed E-state index contributed by atoms with van der Waals surface area (Å²) in [4.78, 5) is 75.2. The highest BCUT2D eigenvalue weighted by atomic mass is 16.4. The summed E-state index contributed by atoms with van der Waals surface area (Å²) in [5.41, 5.74) is 12.3. The zero-order chi connectivity index (χ0) is 29.1. The Kier molecular flexibility index (Phi) is 11.4. The molecule has 0 aliphatic rings. The van der Waals surface area contributed by atoms with Crippen LogP contribution in [-0.4, -0.2) is 86.6 Å². The Morgan fingerprint density at radius 1 is 0.846 bits per heavy atom. The van der Waals surface area contributed by atoms with Crippen LogP contribution in [0.2, 0.25) is 0 Å². The number of aliphatic carboxylic acids is 2. The molecule has 15 heteroatoms. The number of carboxylic acid groups (broad SMARTS) is 2. The number of benzene rings is 1. The van der Waals surface area contributed by atoms with Crippen LogP contribution < -0.4 is 27.4 Å². The molecule has 15 nitrogen and oxygen atoms in total. The van der Waals surface area contributed by atoms with E-state index in [9.17, 15) is 33.9 Å². The van der Waals surface area contributed by atoms with Crippen molar-refractivity contribution in [2.75, 3.05) is 6.61 Å². The number of nitrogens with two attached hydrogens (primary N) is 2. The van der Waals surface area contributed by atoms with Crippen molar-refractivity contribution in [3.05, 3.63) is 36.0 Å². The molecule has 1 heterocycles. The van der Waals surface area contributed by atoms with Gasteiger partial charge in [0.15, 0.2) is 0 Å². The number of carbonyl (C=O) groups is 6. The first kappa shape index (κ1) is 30.7. The third kappa shape index (κ3) is 9.39. The van der Waals surface area contributed by atoms with E-state index in [0.717, 1.165) is 10.9 Å². The van der Waals surface area contributed by atoms with E-state index < -0.39 is 79.2 Å². The summed E-state index contributed by atoms with van der Waals surface area (Å²) in [5, 5.41) is 35.0. The van der Waals surface area contributed by atoms with E-state index in [1.807, 2.05) is 5.32 Å². The number of fused-ring (bicyclic) bond motifs is 1. The number of aliphatic hydroxyl groups excluding tert-OH is 1. The van der Waals surface area contributed by atoms with Gasteiger partial charge in [-0.1, -0.05) is 18.2 Å². The van der Waals surface area contributed by atoms with Gasteiger partial charge in [-0.05, 0) is 24.5 Å². The maximum atomic E-state index is 13.3. The highest BCUT2D eigenvalue weighted by Gasteiger charge is 2.31. The van der Waals surface area contributed by atoms with E-state index in [0.29, 0.717) is 5.56 Å². The SMILES string of the molecule is NC(=O)CCC(N)C(=O)NC(Cc1c[nH]c2ccccc12)C(=O)NC(CCC(=O)O)C(=O)NC(CO)C(=O)O. The molecule has 4 amide bonds. The first-order valence-electron chi connectivity index (χ1n) is 12.0. The summed E-state index contributed by atoms with van der Waals surface area (Å²) >= 11 is 0. The van der Waals surface area contributed by atoms with Crippen LogP contribution in [0.25, 0.3) is 10.9 Å². The van der Waals surface area contributed by atoms with E-state index in [2.05, 4.69) is 15.6 Å². The Hall–Kier alpha value is -4.50. The molecule has 0 radical (unpaired) electrons. The Bertz CT molecular complexity index is 1210. The average Bonchev–Trinajstić information content (AvgIpc) is 3.29. The predicted molar refractivity (Wildman–Crippen MR) is 136 cm³/mol. The number of carbonyl (C=O) groups excluding carboxylic acids is 4. The van der Waals surface area contributed by atoms with Crippen molar-refractivity contribution < 1.29 is 44.1 Å². The normalized spacial score (nSPS) is 14.0. The second-order valence-electron chi connectivity index (χ2n) is 8.81. The van der Waals surface area contributed by atoms with Gasteiger partial charge in [-0.15, -0.1) is 0 Å². The largest absolute Gasteiger partial charge is 0.481 e. The Morgan fingerprint density at radius 3 is 2.08 bits per heavy atom. The number of hydrogen-bond acceptors (Lipinski definition) is 8. The third-order valence-electron chi connectivity index (χ3n) is 5.85. The molecule has 0 spiro atoms. The van der Waals surface area contributed by atoms with Crippen LogP contribution in [0, 0.1) is 0 Å². The van der Waals surface area contributed by atoms with Gasteiger partial charge in [0.25, 0.3) is 0 Å². The molecule has 0 saturated heterocycles. The summed E-state index contributed by atoms with van der Waals surface area (Å²) in [6.45, 7) is -0.941. The number of amides is 4. The molecule has 1 aromatic heterocycles. The maximum Gasteiger partial charge on any atom is 0.328 e. The molecule has 0 fully saturated rings. The van der Waals surface area contributed by atoms with Crippen LogP contribution in [0.5, 0.6) is 0 Å². The Morgan fingerprint density at radius 2 is 1.46 bits per heavy atom.